The normalized spacial score (nSPS) is 12.9. The highest BCUT2D eigenvalue weighted by molar-refractivity contribution is 9.10. The lowest BCUT2D eigenvalue weighted by Crippen LogP contribution is -2.27. The molecule has 1 aromatic heterocycles. The van der Waals surface area contributed by atoms with Crippen LogP contribution in [0.15, 0.2) is 34.9 Å². The second-order valence-corrected chi connectivity index (χ2v) is 6.59. The van der Waals surface area contributed by atoms with Gasteiger partial charge in [-0.05, 0) is 54.4 Å². The van der Waals surface area contributed by atoms with E-state index in [0.29, 0.717) is 6.04 Å². The van der Waals surface area contributed by atoms with Gasteiger partial charge in [0.2, 0.25) is 0 Å². The number of hydrogen-bond donors (Lipinski definition) is 1. The zero-order chi connectivity index (χ0) is 15.4. The van der Waals surface area contributed by atoms with Gasteiger partial charge in [-0.25, -0.2) is 0 Å². The van der Waals surface area contributed by atoms with E-state index in [-0.39, 0.29) is 6.04 Å². The van der Waals surface area contributed by atoms with Crippen molar-refractivity contribution in [2.75, 3.05) is 6.54 Å². The second-order valence-electron chi connectivity index (χ2n) is 5.32. The van der Waals surface area contributed by atoms with Crippen molar-refractivity contribution in [3.05, 3.63) is 51.2 Å². The number of hydrogen-bond acceptors (Lipinski definition) is 2. The van der Waals surface area contributed by atoms with Crippen molar-refractivity contribution < 1.29 is 0 Å². The first-order chi connectivity index (χ1) is 10.1. The van der Waals surface area contributed by atoms with Gasteiger partial charge >= 0.3 is 0 Å². The summed E-state index contributed by atoms with van der Waals surface area (Å²) >= 11 is 10.0. The smallest absolute Gasteiger partial charge is 0.0774 e. The monoisotopic (exact) mass is 369 g/mol. The van der Waals surface area contributed by atoms with Gasteiger partial charge in [0.25, 0.3) is 0 Å². The van der Waals surface area contributed by atoms with Gasteiger partial charge in [0.05, 0.1) is 22.4 Å². The SMILES string of the molecule is CCCNC(c1ccccc1Cl)c1c(Br)cnn1C(C)C. The van der Waals surface area contributed by atoms with E-state index in [2.05, 4.69) is 53.2 Å². The number of nitrogens with zero attached hydrogens (tertiary/aromatic N) is 2. The van der Waals surface area contributed by atoms with Gasteiger partial charge in [0.1, 0.15) is 0 Å². The molecule has 0 amide bonds. The van der Waals surface area contributed by atoms with E-state index < -0.39 is 0 Å². The van der Waals surface area contributed by atoms with E-state index in [1.165, 1.54) is 0 Å². The summed E-state index contributed by atoms with van der Waals surface area (Å²) in [6.07, 6.45) is 2.92. The fourth-order valence-corrected chi connectivity index (χ4v) is 3.13. The molecule has 114 valence electrons. The van der Waals surface area contributed by atoms with Crippen LogP contribution in [0, 0.1) is 0 Å². The Hall–Kier alpha value is -0.840. The molecule has 2 aromatic rings. The largest absolute Gasteiger partial charge is 0.305 e. The molecule has 0 saturated heterocycles. The molecule has 1 atom stereocenters. The molecule has 1 heterocycles. The maximum absolute atomic E-state index is 6.41. The Morgan fingerprint density at radius 1 is 1.33 bits per heavy atom. The van der Waals surface area contributed by atoms with Crippen molar-refractivity contribution in [2.24, 2.45) is 0 Å². The predicted octanol–water partition coefficient (Wildman–Crippen LogP) is 4.97. The van der Waals surface area contributed by atoms with Gasteiger partial charge in [-0.15, -0.1) is 0 Å². The molecule has 1 unspecified atom stereocenters. The lowest BCUT2D eigenvalue weighted by molar-refractivity contribution is 0.471. The molecule has 1 aromatic carbocycles. The van der Waals surface area contributed by atoms with Crippen molar-refractivity contribution in [2.45, 2.75) is 39.3 Å². The summed E-state index contributed by atoms with van der Waals surface area (Å²) in [4.78, 5) is 0. The summed E-state index contributed by atoms with van der Waals surface area (Å²) < 4.78 is 3.05. The van der Waals surface area contributed by atoms with Crippen LogP contribution in [0.2, 0.25) is 5.02 Å². The van der Waals surface area contributed by atoms with E-state index in [0.717, 1.165) is 33.7 Å². The molecule has 21 heavy (non-hydrogen) atoms. The molecular formula is C16H21BrClN3. The molecular weight excluding hydrogens is 350 g/mol. The van der Waals surface area contributed by atoms with Crippen LogP contribution in [0.25, 0.3) is 0 Å². The molecule has 2 rings (SSSR count). The van der Waals surface area contributed by atoms with E-state index in [1.54, 1.807) is 0 Å². The quantitative estimate of drug-likeness (QED) is 0.778. The molecule has 0 bridgehead atoms. The summed E-state index contributed by atoms with van der Waals surface area (Å²) in [7, 11) is 0. The van der Waals surface area contributed by atoms with Crippen molar-refractivity contribution >= 4 is 27.5 Å². The third-order valence-corrected chi connectivity index (χ3v) is 4.32. The highest BCUT2D eigenvalue weighted by Crippen LogP contribution is 2.33. The molecule has 0 fully saturated rings. The molecule has 0 spiro atoms. The number of halogens is 2. The Kier molecular flexibility index (Phi) is 5.85. The van der Waals surface area contributed by atoms with E-state index in [1.807, 2.05) is 29.1 Å². The Bertz CT molecular complexity index is 595. The summed E-state index contributed by atoms with van der Waals surface area (Å²) in [6, 6.07) is 8.29. The van der Waals surface area contributed by atoms with Crippen LogP contribution in [-0.2, 0) is 0 Å². The predicted molar refractivity (Wildman–Crippen MR) is 91.9 cm³/mol. The topological polar surface area (TPSA) is 29.9 Å². The van der Waals surface area contributed by atoms with Gasteiger partial charge in [-0.2, -0.15) is 5.10 Å². The van der Waals surface area contributed by atoms with E-state index >= 15 is 0 Å². The van der Waals surface area contributed by atoms with Gasteiger partial charge in [-0.3, -0.25) is 4.68 Å². The zero-order valence-electron chi connectivity index (χ0n) is 12.6. The lowest BCUT2D eigenvalue weighted by atomic mass is 10.0. The highest BCUT2D eigenvalue weighted by atomic mass is 79.9. The summed E-state index contributed by atoms with van der Waals surface area (Å²) in [5.74, 6) is 0. The Morgan fingerprint density at radius 2 is 2.05 bits per heavy atom. The summed E-state index contributed by atoms with van der Waals surface area (Å²) in [5, 5.41) is 8.85. The van der Waals surface area contributed by atoms with Gasteiger partial charge < -0.3 is 5.32 Å². The Labute approximate surface area is 139 Å². The molecule has 0 aliphatic carbocycles. The van der Waals surface area contributed by atoms with Crippen LogP contribution in [0.1, 0.15) is 50.5 Å². The Balaban J connectivity index is 2.51. The average molecular weight is 371 g/mol. The van der Waals surface area contributed by atoms with Crippen LogP contribution >= 0.6 is 27.5 Å². The van der Waals surface area contributed by atoms with Gasteiger partial charge in [0.15, 0.2) is 0 Å². The molecule has 0 aliphatic rings. The third kappa shape index (κ3) is 3.68. The standard InChI is InChI=1S/C16H21BrClN3/c1-4-9-19-15(12-7-5-6-8-14(12)18)16-13(17)10-20-21(16)11(2)3/h5-8,10-11,15,19H,4,9H2,1-3H3. The summed E-state index contributed by atoms with van der Waals surface area (Å²) in [6.45, 7) is 7.34. The van der Waals surface area contributed by atoms with Crippen LogP contribution < -0.4 is 5.32 Å². The first-order valence-electron chi connectivity index (χ1n) is 7.27. The maximum Gasteiger partial charge on any atom is 0.0774 e. The number of nitrogens with one attached hydrogen (secondary N) is 1. The zero-order valence-corrected chi connectivity index (χ0v) is 14.9. The number of rotatable bonds is 6. The number of benzene rings is 1. The molecule has 0 aliphatic heterocycles. The van der Waals surface area contributed by atoms with Crippen molar-refractivity contribution in [1.29, 1.82) is 0 Å². The first-order valence-corrected chi connectivity index (χ1v) is 8.44. The van der Waals surface area contributed by atoms with Crippen LogP contribution in [0.4, 0.5) is 0 Å². The minimum Gasteiger partial charge on any atom is -0.305 e. The van der Waals surface area contributed by atoms with Crippen LogP contribution in [0.3, 0.4) is 0 Å². The first kappa shape index (κ1) is 16.5. The van der Waals surface area contributed by atoms with E-state index in [4.69, 9.17) is 11.6 Å². The van der Waals surface area contributed by atoms with Crippen molar-refractivity contribution in [1.82, 2.24) is 15.1 Å². The fourth-order valence-electron chi connectivity index (χ4n) is 2.38. The molecule has 3 nitrogen and oxygen atoms in total. The second kappa shape index (κ2) is 7.43. The highest BCUT2D eigenvalue weighted by Gasteiger charge is 2.24. The molecule has 5 heteroatoms. The number of aromatic nitrogens is 2. The third-order valence-electron chi connectivity index (χ3n) is 3.36. The molecule has 0 radical (unpaired) electrons. The van der Waals surface area contributed by atoms with Crippen LogP contribution in [-0.4, -0.2) is 16.3 Å². The molecule has 1 N–H and O–H groups in total. The van der Waals surface area contributed by atoms with Gasteiger partial charge in [0, 0.05) is 11.1 Å². The van der Waals surface area contributed by atoms with Crippen LogP contribution in [0.5, 0.6) is 0 Å². The Morgan fingerprint density at radius 3 is 2.67 bits per heavy atom. The van der Waals surface area contributed by atoms with E-state index in [9.17, 15) is 0 Å². The minimum atomic E-state index is 0.0259. The summed E-state index contributed by atoms with van der Waals surface area (Å²) in [5.41, 5.74) is 2.20. The maximum atomic E-state index is 6.41. The average Bonchev–Trinajstić information content (AvgIpc) is 2.83. The fraction of sp³-hybridized carbons (Fsp3) is 0.438. The van der Waals surface area contributed by atoms with Crippen molar-refractivity contribution in [3.63, 3.8) is 0 Å². The molecule has 0 saturated carbocycles. The minimum absolute atomic E-state index is 0.0259. The lowest BCUT2D eigenvalue weighted by Gasteiger charge is -2.23. The van der Waals surface area contributed by atoms with Gasteiger partial charge in [-0.1, -0.05) is 36.7 Å². The van der Waals surface area contributed by atoms with Crippen molar-refractivity contribution in [3.8, 4) is 0 Å².